The second kappa shape index (κ2) is 4.66. The molecule has 16 heavy (non-hydrogen) atoms. The smallest absolute Gasteiger partial charge is 0.251 e. The third kappa shape index (κ3) is 2.09. The van der Waals surface area contributed by atoms with Crippen molar-refractivity contribution < 1.29 is 9.90 Å². The van der Waals surface area contributed by atoms with E-state index in [2.05, 4.69) is 5.32 Å². The Hall–Kier alpha value is -1.35. The number of aliphatic hydroxyl groups excluding tert-OH is 1. The third-order valence-electron chi connectivity index (χ3n) is 3.01. The summed E-state index contributed by atoms with van der Waals surface area (Å²) in [5.74, 6) is -0.0215. The molecule has 1 aliphatic rings. The lowest BCUT2D eigenvalue weighted by Gasteiger charge is -2.18. The number of carbonyl (C=O) groups excluding carboxylic acids is 1. The molecule has 1 unspecified atom stereocenters. The molecule has 0 fully saturated rings. The average molecular weight is 219 g/mol. The van der Waals surface area contributed by atoms with Crippen molar-refractivity contribution >= 4 is 5.91 Å². The van der Waals surface area contributed by atoms with Gasteiger partial charge in [-0.05, 0) is 30.0 Å². The Kier molecular flexibility index (Phi) is 3.25. The van der Waals surface area contributed by atoms with Gasteiger partial charge in [0.25, 0.3) is 5.91 Å². The maximum absolute atomic E-state index is 11.6. The zero-order valence-electron chi connectivity index (χ0n) is 9.49. The Bertz CT molecular complexity index is 401. The predicted octanol–water partition coefficient (Wildman–Crippen LogP) is 1.81. The van der Waals surface area contributed by atoms with Crippen molar-refractivity contribution in [2.45, 2.75) is 32.3 Å². The quantitative estimate of drug-likeness (QED) is 0.814. The van der Waals surface area contributed by atoms with Crippen LogP contribution in [0.3, 0.4) is 0 Å². The highest BCUT2D eigenvalue weighted by atomic mass is 16.3. The third-order valence-corrected chi connectivity index (χ3v) is 3.01. The van der Waals surface area contributed by atoms with E-state index in [4.69, 9.17) is 0 Å². The van der Waals surface area contributed by atoms with E-state index in [1.807, 2.05) is 25.1 Å². The fraction of sp³-hybridized carbons (Fsp3) is 0.462. The van der Waals surface area contributed by atoms with Crippen molar-refractivity contribution in [1.82, 2.24) is 5.32 Å². The van der Waals surface area contributed by atoms with Gasteiger partial charge in [0.2, 0.25) is 0 Å². The molecule has 0 bridgehead atoms. The summed E-state index contributed by atoms with van der Waals surface area (Å²) in [6.07, 6.45) is 2.10. The second-order valence-electron chi connectivity index (χ2n) is 4.23. The lowest BCUT2D eigenvalue weighted by molar-refractivity contribution is 0.0945. The lowest BCUT2D eigenvalue weighted by Crippen LogP contribution is -2.31. The van der Waals surface area contributed by atoms with Crippen LogP contribution in [0.5, 0.6) is 0 Å². The van der Waals surface area contributed by atoms with Crippen molar-refractivity contribution in [2.24, 2.45) is 0 Å². The molecule has 0 radical (unpaired) electrons. The van der Waals surface area contributed by atoms with Gasteiger partial charge in [0.15, 0.2) is 0 Å². The summed E-state index contributed by atoms with van der Waals surface area (Å²) in [7, 11) is 0. The Morgan fingerprint density at radius 3 is 3.06 bits per heavy atom. The summed E-state index contributed by atoms with van der Waals surface area (Å²) in [5, 5.41) is 12.7. The van der Waals surface area contributed by atoms with E-state index < -0.39 is 6.10 Å². The molecule has 1 atom stereocenters. The zero-order valence-corrected chi connectivity index (χ0v) is 9.49. The summed E-state index contributed by atoms with van der Waals surface area (Å²) in [6.45, 7) is 2.75. The van der Waals surface area contributed by atoms with Crippen molar-refractivity contribution in [2.75, 3.05) is 6.54 Å². The molecule has 1 aromatic carbocycles. The van der Waals surface area contributed by atoms with Crippen LogP contribution in [0.1, 0.15) is 47.4 Å². The summed E-state index contributed by atoms with van der Waals surface area (Å²) >= 11 is 0. The first-order chi connectivity index (χ1) is 7.72. The normalized spacial score (nSPS) is 16.5. The summed E-state index contributed by atoms with van der Waals surface area (Å²) in [4.78, 5) is 11.6. The van der Waals surface area contributed by atoms with Gasteiger partial charge in [-0.2, -0.15) is 0 Å². The van der Waals surface area contributed by atoms with Crippen LogP contribution in [0, 0.1) is 0 Å². The average Bonchev–Trinajstić information content (AvgIpc) is 2.29. The van der Waals surface area contributed by atoms with E-state index in [0.717, 1.165) is 36.0 Å². The van der Waals surface area contributed by atoms with E-state index in [1.165, 1.54) is 0 Å². The Morgan fingerprint density at radius 1 is 1.50 bits per heavy atom. The maximum Gasteiger partial charge on any atom is 0.251 e. The van der Waals surface area contributed by atoms with E-state index >= 15 is 0 Å². The number of carbonyl (C=O) groups is 1. The molecule has 3 nitrogen and oxygen atoms in total. The lowest BCUT2D eigenvalue weighted by atomic mass is 9.95. The molecule has 3 heteroatoms. The molecular weight excluding hydrogens is 202 g/mol. The van der Waals surface area contributed by atoms with Gasteiger partial charge in [-0.25, -0.2) is 0 Å². The van der Waals surface area contributed by atoms with Gasteiger partial charge in [-0.15, -0.1) is 0 Å². The number of hydrogen-bond acceptors (Lipinski definition) is 2. The first-order valence-corrected chi connectivity index (χ1v) is 5.81. The van der Waals surface area contributed by atoms with Crippen LogP contribution < -0.4 is 5.32 Å². The molecular formula is C13H17NO2. The first-order valence-electron chi connectivity index (χ1n) is 5.81. The molecule has 1 aliphatic heterocycles. The summed E-state index contributed by atoms with van der Waals surface area (Å²) in [6, 6.07) is 5.71. The largest absolute Gasteiger partial charge is 0.388 e. The van der Waals surface area contributed by atoms with E-state index in [-0.39, 0.29) is 5.91 Å². The number of benzene rings is 1. The van der Waals surface area contributed by atoms with E-state index in [0.29, 0.717) is 6.54 Å². The van der Waals surface area contributed by atoms with Gasteiger partial charge < -0.3 is 10.4 Å². The van der Waals surface area contributed by atoms with Crippen LogP contribution in [-0.4, -0.2) is 17.6 Å². The van der Waals surface area contributed by atoms with Crippen molar-refractivity contribution in [3.63, 3.8) is 0 Å². The number of aliphatic hydroxyl groups is 1. The molecule has 2 rings (SSSR count). The second-order valence-corrected chi connectivity index (χ2v) is 4.23. The number of hydrogen-bond donors (Lipinski definition) is 2. The Balaban J connectivity index is 2.30. The molecule has 0 saturated carbocycles. The van der Waals surface area contributed by atoms with Crippen LogP contribution in [0.15, 0.2) is 18.2 Å². The van der Waals surface area contributed by atoms with Crippen molar-refractivity contribution in [3.05, 3.63) is 34.9 Å². The van der Waals surface area contributed by atoms with Gasteiger partial charge in [0, 0.05) is 12.1 Å². The van der Waals surface area contributed by atoms with Crippen LogP contribution >= 0.6 is 0 Å². The fourth-order valence-electron chi connectivity index (χ4n) is 2.08. The monoisotopic (exact) mass is 219 g/mol. The van der Waals surface area contributed by atoms with Crippen LogP contribution in [0.4, 0.5) is 0 Å². The topological polar surface area (TPSA) is 49.3 Å². The SMILES string of the molecule is CCCC(O)c1ccc2c(c1)C(=O)NCC2. The highest BCUT2D eigenvalue weighted by Gasteiger charge is 2.18. The minimum Gasteiger partial charge on any atom is -0.388 e. The van der Waals surface area contributed by atoms with Crippen molar-refractivity contribution in [3.8, 4) is 0 Å². The number of rotatable bonds is 3. The van der Waals surface area contributed by atoms with E-state index in [1.54, 1.807) is 0 Å². The molecule has 0 aliphatic carbocycles. The maximum atomic E-state index is 11.6. The van der Waals surface area contributed by atoms with Gasteiger partial charge >= 0.3 is 0 Å². The summed E-state index contributed by atoms with van der Waals surface area (Å²) in [5.41, 5.74) is 2.65. The predicted molar refractivity (Wildman–Crippen MR) is 62.3 cm³/mol. The highest BCUT2D eigenvalue weighted by molar-refractivity contribution is 5.96. The molecule has 0 aromatic heterocycles. The fourth-order valence-corrected chi connectivity index (χ4v) is 2.08. The minimum absolute atomic E-state index is 0.0215. The molecule has 0 spiro atoms. The van der Waals surface area contributed by atoms with Crippen molar-refractivity contribution in [1.29, 1.82) is 0 Å². The van der Waals surface area contributed by atoms with Gasteiger partial charge in [0.05, 0.1) is 6.10 Å². The molecule has 1 heterocycles. The number of fused-ring (bicyclic) bond motifs is 1. The van der Waals surface area contributed by atoms with Crippen LogP contribution in [-0.2, 0) is 6.42 Å². The zero-order chi connectivity index (χ0) is 11.5. The Labute approximate surface area is 95.5 Å². The number of nitrogens with one attached hydrogen (secondary N) is 1. The minimum atomic E-state index is -0.454. The van der Waals surface area contributed by atoms with Gasteiger partial charge in [0.1, 0.15) is 0 Å². The molecule has 86 valence electrons. The standard InChI is InChI=1S/C13H17NO2/c1-2-3-12(15)10-5-4-9-6-7-14-13(16)11(9)8-10/h4-5,8,12,15H,2-3,6-7H2,1H3,(H,14,16). The molecule has 1 amide bonds. The molecule has 0 saturated heterocycles. The van der Waals surface area contributed by atoms with E-state index in [9.17, 15) is 9.90 Å². The molecule has 1 aromatic rings. The van der Waals surface area contributed by atoms with Gasteiger partial charge in [-0.1, -0.05) is 25.5 Å². The molecule has 2 N–H and O–H groups in total. The van der Waals surface area contributed by atoms with Crippen LogP contribution in [0.2, 0.25) is 0 Å². The van der Waals surface area contributed by atoms with Crippen LogP contribution in [0.25, 0.3) is 0 Å². The number of amides is 1. The Morgan fingerprint density at radius 2 is 2.31 bits per heavy atom. The summed E-state index contributed by atoms with van der Waals surface area (Å²) < 4.78 is 0. The first kappa shape index (κ1) is 11.1. The highest BCUT2D eigenvalue weighted by Crippen LogP contribution is 2.23. The van der Waals surface area contributed by atoms with Gasteiger partial charge in [-0.3, -0.25) is 4.79 Å².